The number of nitrogens with zero attached hydrogens (tertiary/aromatic N) is 1. The first-order chi connectivity index (χ1) is 10.7. The molecule has 0 radical (unpaired) electrons. The molecule has 0 aliphatic rings. The van der Waals surface area contributed by atoms with E-state index >= 15 is 0 Å². The Kier molecular flexibility index (Phi) is 3.78. The SMILES string of the molecule is COc1cc(CNC(=O)c2occc2C)c2ccccc2n1. The van der Waals surface area contributed by atoms with Crippen LogP contribution in [0.3, 0.4) is 0 Å². The fraction of sp³-hybridized carbons (Fsp3) is 0.176. The minimum atomic E-state index is -0.234. The van der Waals surface area contributed by atoms with Gasteiger partial charge in [-0.3, -0.25) is 4.79 Å². The Bertz CT molecular complexity index is 824. The molecule has 0 saturated carbocycles. The van der Waals surface area contributed by atoms with E-state index in [4.69, 9.17) is 9.15 Å². The summed E-state index contributed by atoms with van der Waals surface area (Å²) in [6, 6.07) is 11.3. The summed E-state index contributed by atoms with van der Waals surface area (Å²) >= 11 is 0. The first-order valence-corrected chi connectivity index (χ1v) is 6.94. The molecule has 112 valence electrons. The normalized spacial score (nSPS) is 10.6. The number of pyridine rings is 1. The average Bonchev–Trinajstić information content (AvgIpc) is 2.98. The predicted molar refractivity (Wildman–Crippen MR) is 82.9 cm³/mol. The van der Waals surface area contributed by atoms with Crippen LogP contribution in [0.4, 0.5) is 0 Å². The van der Waals surface area contributed by atoms with E-state index in [2.05, 4.69) is 10.3 Å². The van der Waals surface area contributed by atoms with Gasteiger partial charge in [0.2, 0.25) is 5.88 Å². The summed E-state index contributed by atoms with van der Waals surface area (Å²) in [7, 11) is 1.58. The number of carbonyl (C=O) groups excluding carboxylic acids is 1. The second-order valence-corrected chi connectivity index (χ2v) is 4.96. The third-order valence-electron chi connectivity index (χ3n) is 3.50. The lowest BCUT2D eigenvalue weighted by atomic mass is 10.1. The largest absolute Gasteiger partial charge is 0.481 e. The lowest BCUT2D eigenvalue weighted by Gasteiger charge is -2.10. The van der Waals surface area contributed by atoms with Gasteiger partial charge in [-0.2, -0.15) is 0 Å². The number of rotatable bonds is 4. The second kappa shape index (κ2) is 5.89. The topological polar surface area (TPSA) is 64.4 Å². The van der Waals surface area contributed by atoms with Gasteiger partial charge in [0, 0.05) is 23.6 Å². The van der Waals surface area contributed by atoms with E-state index in [1.54, 1.807) is 13.2 Å². The highest BCUT2D eigenvalue weighted by atomic mass is 16.5. The summed E-state index contributed by atoms with van der Waals surface area (Å²) in [5.74, 6) is 0.629. The van der Waals surface area contributed by atoms with Gasteiger partial charge in [0.1, 0.15) is 0 Å². The average molecular weight is 296 g/mol. The molecule has 0 atom stereocenters. The molecule has 2 aromatic heterocycles. The van der Waals surface area contributed by atoms with Gasteiger partial charge in [-0.15, -0.1) is 0 Å². The van der Waals surface area contributed by atoms with E-state index in [0.717, 1.165) is 22.0 Å². The molecular weight excluding hydrogens is 280 g/mol. The van der Waals surface area contributed by atoms with Crippen molar-refractivity contribution in [3.63, 3.8) is 0 Å². The molecule has 0 bridgehead atoms. The van der Waals surface area contributed by atoms with Crippen molar-refractivity contribution in [2.45, 2.75) is 13.5 Å². The van der Waals surface area contributed by atoms with Crippen LogP contribution in [-0.4, -0.2) is 18.0 Å². The van der Waals surface area contributed by atoms with Gasteiger partial charge in [-0.1, -0.05) is 18.2 Å². The minimum Gasteiger partial charge on any atom is -0.481 e. The zero-order chi connectivity index (χ0) is 15.5. The van der Waals surface area contributed by atoms with E-state index < -0.39 is 0 Å². The molecule has 1 N–H and O–H groups in total. The van der Waals surface area contributed by atoms with Crippen molar-refractivity contribution in [1.29, 1.82) is 0 Å². The first-order valence-electron chi connectivity index (χ1n) is 6.94. The van der Waals surface area contributed by atoms with Crippen LogP contribution in [0.2, 0.25) is 0 Å². The highest BCUT2D eigenvalue weighted by Crippen LogP contribution is 2.22. The van der Waals surface area contributed by atoms with Gasteiger partial charge >= 0.3 is 0 Å². The predicted octanol–water partition coefficient (Wildman–Crippen LogP) is 3.07. The lowest BCUT2D eigenvalue weighted by molar-refractivity contribution is 0.0922. The third kappa shape index (κ3) is 2.65. The summed E-state index contributed by atoms with van der Waals surface area (Å²) in [5, 5.41) is 3.86. The molecule has 22 heavy (non-hydrogen) atoms. The van der Waals surface area contributed by atoms with Crippen LogP contribution in [0.5, 0.6) is 5.88 Å². The number of methoxy groups -OCH3 is 1. The molecule has 0 aliphatic carbocycles. The summed E-state index contributed by atoms with van der Waals surface area (Å²) in [4.78, 5) is 16.5. The van der Waals surface area contributed by atoms with Crippen LogP contribution < -0.4 is 10.1 Å². The Labute approximate surface area is 127 Å². The summed E-state index contributed by atoms with van der Waals surface area (Å²) < 4.78 is 10.4. The van der Waals surface area contributed by atoms with Crippen molar-refractivity contribution in [2.75, 3.05) is 7.11 Å². The van der Waals surface area contributed by atoms with Crippen LogP contribution in [0.1, 0.15) is 21.7 Å². The number of para-hydroxylation sites is 1. The zero-order valence-electron chi connectivity index (χ0n) is 12.4. The quantitative estimate of drug-likeness (QED) is 0.803. The number of hydrogen-bond acceptors (Lipinski definition) is 4. The van der Waals surface area contributed by atoms with Crippen molar-refractivity contribution in [3.8, 4) is 5.88 Å². The number of ether oxygens (including phenoxy) is 1. The highest BCUT2D eigenvalue weighted by Gasteiger charge is 2.13. The van der Waals surface area contributed by atoms with Gasteiger partial charge in [0.25, 0.3) is 5.91 Å². The number of carbonyl (C=O) groups is 1. The van der Waals surface area contributed by atoms with E-state index in [1.165, 1.54) is 6.26 Å². The molecule has 0 spiro atoms. The smallest absolute Gasteiger partial charge is 0.287 e. The van der Waals surface area contributed by atoms with Crippen molar-refractivity contribution < 1.29 is 13.9 Å². The van der Waals surface area contributed by atoms with Crippen LogP contribution >= 0.6 is 0 Å². The number of aromatic nitrogens is 1. The van der Waals surface area contributed by atoms with E-state index in [1.807, 2.05) is 37.3 Å². The van der Waals surface area contributed by atoms with Crippen LogP contribution in [0, 0.1) is 6.92 Å². The number of nitrogens with one attached hydrogen (secondary N) is 1. The van der Waals surface area contributed by atoms with Crippen molar-refractivity contribution in [2.24, 2.45) is 0 Å². The molecule has 0 aliphatic heterocycles. The lowest BCUT2D eigenvalue weighted by Crippen LogP contribution is -2.23. The first kappa shape index (κ1) is 14.1. The number of amides is 1. The molecule has 0 saturated heterocycles. The second-order valence-electron chi connectivity index (χ2n) is 4.96. The molecule has 3 rings (SSSR count). The molecule has 5 nitrogen and oxygen atoms in total. The fourth-order valence-corrected chi connectivity index (χ4v) is 2.33. The van der Waals surface area contributed by atoms with Gasteiger partial charge in [-0.05, 0) is 24.6 Å². The number of hydrogen-bond donors (Lipinski definition) is 1. The van der Waals surface area contributed by atoms with E-state index in [0.29, 0.717) is 18.2 Å². The monoisotopic (exact) mass is 296 g/mol. The Morgan fingerprint density at radius 2 is 2.14 bits per heavy atom. The maximum Gasteiger partial charge on any atom is 0.287 e. The van der Waals surface area contributed by atoms with Crippen molar-refractivity contribution >= 4 is 16.8 Å². The molecule has 1 amide bonds. The zero-order valence-corrected chi connectivity index (χ0v) is 12.4. The fourth-order valence-electron chi connectivity index (χ4n) is 2.33. The molecular formula is C17H16N2O3. The summed E-state index contributed by atoms with van der Waals surface area (Å²) in [5.41, 5.74) is 2.59. The third-order valence-corrected chi connectivity index (χ3v) is 3.50. The standard InChI is InChI=1S/C17H16N2O3/c1-11-7-8-22-16(11)17(20)18-10-12-9-15(21-2)19-14-6-4-3-5-13(12)14/h3-9H,10H2,1-2H3,(H,18,20). The molecule has 0 fully saturated rings. The van der Waals surface area contributed by atoms with Crippen molar-refractivity contribution in [3.05, 3.63) is 59.5 Å². The summed E-state index contributed by atoms with van der Waals surface area (Å²) in [6.45, 7) is 2.21. The van der Waals surface area contributed by atoms with Gasteiger partial charge in [0.15, 0.2) is 5.76 Å². The molecule has 3 aromatic rings. The van der Waals surface area contributed by atoms with E-state index in [9.17, 15) is 4.79 Å². The number of fused-ring (bicyclic) bond motifs is 1. The molecule has 5 heteroatoms. The maximum absolute atomic E-state index is 12.1. The number of benzene rings is 1. The minimum absolute atomic E-state index is 0.234. The highest BCUT2D eigenvalue weighted by molar-refractivity contribution is 5.93. The molecule has 2 heterocycles. The summed E-state index contributed by atoms with van der Waals surface area (Å²) in [6.07, 6.45) is 1.51. The Hall–Kier alpha value is -2.82. The van der Waals surface area contributed by atoms with Gasteiger partial charge < -0.3 is 14.5 Å². The Balaban J connectivity index is 1.87. The van der Waals surface area contributed by atoms with E-state index in [-0.39, 0.29) is 5.91 Å². The molecule has 0 unspecified atom stereocenters. The Morgan fingerprint density at radius 3 is 2.86 bits per heavy atom. The van der Waals surface area contributed by atoms with Gasteiger partial charge in [0.05, 0.1) is 18.9 Å². The van der Waals surface area contributed by atoms with Crippen LogP contribution in [-0.2, 0) is 6.54 Å². The Morgan fingerprint density at radius 1 is 1.32 bits per heavy atom. The maximum atomic E-state index is 12.1. The van der Waals surface area contributed by atoms with Crippen molar-refractivity contribution in [1.82, 2.24) is 10.3 Å². The number of aryl methyl sites for hydroxylation is 1. The van der Waals surface area contributed by atoms with Crippen LogP contribution in [0.25, 0.3) is 10.9 Å². The number of furan rings is 1. The van der Waals surface area contributed by atoms with Gasteiger partial charge in [-0.25, -0.2) is 4.98 Å². The van der Waals surface area contributed by atoms with Crippen LogP contribution in [0.15, 0.2) is 47.1 Å². The molecule has 1 aromatic carbocycles.